The van der Waals surface area contributed by atoms with Gasteiger partial charge in [0.15, 0.2) is 5.11 Å². The summed E-state index contributed by atoms with van der Waals surface area (Å²) in [6.07, 6.45) is 2.13. The standard InChI is InChI=1S/C31H33N5OS/c1-20-13-14-21(2)27(18-20)33-28(37)15-17-35-30(29(34-31(35)38)26-12-8-9-16-32-26)25-19-22(3)36(23(25)4)24-10-6-5-7-11-24/h5-14,16,18-19,29-30H,15,17H2,1-4H3,(H,33,37)(H,34,38)/t29-,30+/m1/s1. The molecule has 3 heterocycles. The Bertz CT molecular complexity index is 1460. The van der Waals surface area contributed by atoms with Crippen LogP contribution in [0.4, 0.5) is 5.69 Å². The SMILES string of the molecule is Cc1ccc(C)c(NC(=O)CCN2C(=S)N[C@H](c3ccccn3)[C@@H]2c2cc(C)n(-c3ccccc3)c2C)c1. The first kappa shape index (κ1) is 25.7. The average molecular weight is 524 g/mol. The lowest BCUT2D eigenvalue weighted by atomic mass is 9.96. The van der Waals surface area contributed by atoms with Crippen LogP contribution in [0.3, 0.4) is 0 Å². The maximum Gasteiger partial charge on any atom is 0.226 e. The minimum Gasteiger partial charge on any atom is -0.352 e. The summed E-state index contributed by atoms with van der Waals surface area (Å²) in [6.45, 7) is 8.80. The van der Waals surface area contributed by atoms with E-state index in [-0.39, 0.29) is 18.0 Å². The van der Waals surface area contributed by atoms with Crippen molar-refractivity contribution in [2.24, 2.45) is 0 Å². The smallest absolute Gasteiger partial charge is 0.226 e. The lowest BCUT2D eigenvalue weighted by Gasteiger charge is -2.28. The van der Waals surface area contributed by atoms with Gasteiger partial charge in [-0.2, -0.15) is 0 Å². The fourth-order valence-corrected chi connectivity index (χ4v) is 5.68. The maximum absolute atomic E-state index is 13.0. The summed E-state index contributed by atoms with van der Waals surface area (Å²) >= 11 is 5.84. The summed E-state index contributed by atoms with van der Waals surface area (Å²) in [5.41, 5.74) is 8.52. The Morgan fingerprint density at radius 3 is 2.50 bits per heavy atom. The summed E-state index contributed by atoms with van der Waals surface area (Å²) in [4.78, 5) is 19.8. The zero-order valence-corrected chi connectivity index (χ0v) is 23.0. The van der Waals surface area contributed by atoms with Gasteiger partial charge in [0.1, 0.15) is 0 Å². The zero-order valence-electron chi connectivity index (χ0n) is 22.2. The highest BCUT2D eigenvalue weighted by Crippen LogP contribution is 2.41. The third-order valence-corrected chi connectivity index (χ3v) is 7.60. The van der Waals surface area contributed by atoms with E-state index in [1.165, 1.54) is 5.56 Å². The number of para-hydroxylation sites is 1. The molecule has 5 rings (SSSR count). The lowest BCUT2D eigenvalue weighted by Crippen LogP contribution is -2.33. The number of thiocarbonyl (C=S) groups is 1. The molecule has 0 bridgehead atoms. The van der Waals surface area contributed by atoms with E-state index in [0.717, 1.165) is 39.6 Å². The predicted octanol–water partition coefficient (Wildman–Crippen LogP) is 6.11. The van der Waals surface area contributed by atoms with Crippen LogP contribution in [0.1, 0.15) is 52.3 Å². The summed E-state index contributed by atoms with van der Waals surface area (Å²) in [6, 6.07) is 24.4. The van der Waals surface area contributed by atoms with E-state index >= 15 is 0 Å². The molecule has 0 radical (unpaired) electrons. The molecule has 38 heavy (non-hydrogen) atoms. The monoisotopic (exact) mass is 523 g/mol. The van der Waals surface area contributed by atoms with Crippen LogP contribution in [0.15, 0.2) is 79.0 Å². The van der Waals surface area contributed by atoms with Crippen molar-refractivity contribution in [3.63, 3.8) is 0 Å². The summed E-state index contributed by atoms with van der Waals surface area (Å²) in [5.74, 6) is -0.0312. The number of carbonyl (C=O) groups excluding carboxylic acids is 1. The summed E-state index contributed by atoms with van der Waals surface area (Å²) in [5, 5.41) is 7.23. The Morgan fingerprint density at radius 1 is 1.00 bits per heavy atom. The van der Waals surface area contributed by atoms with Gasteiger partial charge < -0.3 is 20.1 Å². The third kappa shape index (κ3) is 5.07. The fraction of sp³-hybridized carbons (Fsp3) is 0.258. The van der Waals surface area contributed by atoms with Gasteiger partial charge in [-0.3, -0.25) is 9.78 Å². The van der Waals surface area contributed by atoms with Gasteiger partial charge in [-0.1, -0.05) is 36.4 Å². The van der Waals surface area contributed by atoms with Crippen LogP contribution in [0, 0.1) is 27.7 Å². The van der Waals surface area contributed by atoms with Crippen LogP contribution in [0.25, 0.3) is 5.69 Å². The minimum atomic E-state index is -0.129. The molecule has 6 nitrogen and oxygen atoms in total. The van der Waals surface area contributed by atoms with Crippen LogP contribution >= 0.6 is 12.2 Å². The minimum absolute atomic E-state index is 0.0312. The number of benzene rings is 2. The van der Waals surface area contributed by atoms with Gasteiger partial charge in [-0.05, 0) is 93.0 Å². The average Bonchev–Trinajstić information content (AvgIpc) is 3.40. The molecule has 194 valence electrons. The Balaban J connectivity index is 1.46. The van der Waals surface area contributed by atoms with Crippen molar-refractivity contribution in [2.45, 2.75) is 46.2 Å². The van der Waals surface area contributed by atoms with Crippen molar-refractivity contribution in [1.82, 2.24) is 19.8 Å². The van der Waals surface area contributed by atoms with E-state index in [1.54, 1.807) is 0 Å². The lowest BCUT2D eigenvalue weighted by molar-refractivity contribution is -0.116. The predicted molar refractivity (Wildman–Crippen MR) is 157 cm³/mol. The van der Waals surface area contributed by atoms with Crippen molar-refractivity contribution in [1.29, 1.82) is 0 Å². The number of aromatic nitrogens is 2. The normalized spacial score (nSPS) is 16.9. The number of rotatable bonds is 7. The highest BCUT2D eigenvalue weighted by Gasteiger charge is 2.41. The first-order valence-electron chi connectivity index (χ1n) is 12.9. The highest BCUT2D eigenvalue weighted by atomic mass is 32.1. The molecule has 1 saturated heterocycles. The molecule has 2 atom stereocenters. The molecule has 7 heteroatoms. The summed E-state index contributed by atoms with van der Waals surface area (Å²) < 4.78 is 2.28. The van der Waals surface area contributed by atoms with E-state index in [9.17, 15) is 4.79 Å². The first-order valence-corrected chi connectivity index (χ1v) is 13.3. The number of amides is 1. The number of pyridine rings is 1. The van der Waals surface area contributed by atoms with Gasteiger partial charge in [-0.15, -0.1) is 0 Å². The van der Waals surface area contributed by atoms with Crippen molar-refractivity contribution in [3.8, 4) is 5.69 Å². The molecule has 1 fully saturated rings. The van der Waals surface area contributed by atoms with Crippen molar-refractivity contribution in [2.75, 3.05) is 11.9 Å². The Hall–Kier alpha value is -3.97. The largest absolute Gasteiger partial charge is 0.352 e. The third-order valence-electron chi connectivity index (χ3n) is 7.25. The zero-order chi connectivity index (χ0) is 26.8. The van der Waals surface area contributed by atoms with Crippen LogP contribution in [-0.4, -0.2) is 32.0 Å². The molecule has 0 unspecified atom stereocenters. The van der Waals surface area contributed by atoms with Crippen LogP contribution < -0.4 is 10.6 Å². The number of carbonyl (C=O) groups is 1. The topological polar surface area (TPSA) is 62.2 Å². The van der Waals surface area contributed by atoms with Gasteiger partial charge in [0, 0.05) is 41.9 Å². The van der Waals surface area contributed by atoms with Gasteiger partial charge in [0.25, 0.3) is 0 Å². The molecular formula is C31H33N5OS. The second kappa shape index (κ2) is 10.8. The van der Waals surface area contributed by atoms with Crippen LogP contribution in [0.5, 0.6) is 0 Å². The second-order valence-corrected chi connectivity index (χ2v) is 10.3. The molecule has 2 aromatic carbocycles. The molecule has 0 saturated carbocycles. The van der Waals surface area contributed by atoms with Gasteiger partial charge in [-0.25, -0.2) is 0 Å². The quantitative estimate of drug-likeness (QED) is 0.286. The first-order chi connectivity index (χ1) is 18.3. The molecular weight excluding hydrogens is 490 g/mol. The van der Waals surface area contributed by atoms with E-state index < -0.39 is 0 Å². The molecule has 2 aromatic heterocycles. The fourth-order valence-electron chi connectivity index (χ4n) is 5.35. The van der Waals surface area contributed by atoms with Crippen LogP contribution in [-0.2, 0) is 4.79 Å². The van der Waals surface area contributed by atoms with Gasteiger partial charge in [0.2, 0.25) is 5.91 Å². The Kier molecular flexibility index (Phi) is 7.29. The molecule has 2 N–H and O–H groups in total. The number of nitrogens with zero attached hydrogens (tertiary/aromatic N) is 3. The Labute approximate surface area is 229 Å². The van der Waals surface area contributed by atoms with E-state index in [4.69, 9.17) is 12.2 Å². The second-order valence-electron chi connectivity index (χ2n) is 9.93. The van der Waals surface area contributed by atoms with Gasteiger partial charge >= 0.3 is 0 Å². The highest BCUT2D eigenvalue weighted by molar-refractivity contribution is 7.80. The molecule has 0 aliphatic carbocycles. The number of hydrogen-bond donors (Lipinski definition) is 2. The van der Waals surface area contributed by atoms with Crippen molar-refractivity contribution in [3.05, 3.63) is 113 Å². The molecule has 0 spiro atoms. The summed E-state index contributed by atoms with van der Waals surface area (Å²) in [7, 11) is 0. The van der Waals surface area contributed by atoms with Gasteiger partial charge in [0.05, 0.1) is 17.8 Å². The number of hydrogen-bond acceptors (Lipinski definition) is 3. The maximum atomic E-state index is 13.0. The molecule has 1 amide bonds. The Morgan fingerprint density at radius 2 is 1.76 bits per heavy atom. The molecule has 1 aliphatic rings. The number of anilines is 1. The molecule has 4 aromatic rings. The van der Waals surface area contributed by atoms with Crippen molar-refractivity contribution < 1.29 is 4.79 Å². The number of aryl methyl sites for hydroxylation is 3. The van der Waals surface area contributed by atoms with E-state index in [1.807, 2.05) is 62.5 Å². The molecule has 1 aliphatic heterocycles. The van der Waals surface area contributed by atoms with E-state index in [2.05, 4.69) is 69.3 Å². The van der Waals surface area contributed by atoms with Crippen molar-refractivity contribution >= 4 is 28.9 Å². The van der Waals surface area contributed by atoms with Crippen LogP contribution in [0.2, 0.25) is 0 Å². The van der Waals surface area contributed by atoms with E-state index in [0.29, 0.717) is 18.1 Å². The number of nitrogens with one attached hydrogen (secondary N) is 2.